The zero-order valence-electron chi connectivity index (χ0n) is 16.4. The van der Waals surface area contributed by atoms with Gasteiger partial charge >= 0.3 is 6.09 Å². The molecule has 2 amide bonds. The molecule has 0 N–H and O–H groups in total. The van der Waals surface area contributed by atoms with Crippen LogP contribution in [0.3, 0.4) is 0 Å². The van der Waals surface area contributed by atoms with Crippen molar-refractivity contribution in [1.82, 2.24) is 4.90 Å². The van der Waals surface area contributed by atoms with E-state index < -0.39 is 32.9 Å². The number of hydrogen-bond acceptors (Lipinski definition) is 4. The van der Waals surface area contributed by atoms with Crippen LogP contribution in [0.25, 0.3) is 0 Å². The van der Waals surface area contributed by atoms with Crippen molar-refractivity contribution >= 4 is 21.7 Å². The number of likely N-dealkylation sites (N-methyl/N-ethyl adjacent to an activating group) is 1. The third-order valence-electron chi connectivity index (χ3n) is 4.60. The highest BCUT2D eigenvalue weighted by Crippen LogP contribution is 2.39. The number of ether oxygens (including phenoxy) is 1. The Hall–Kier alpha value is -1.89. The molecule has 1 saturated carbocycles. The van der Waals surface area contributed by atoms with E-state index in [2.05, 4.69) is 4.36 Å². The Morgan fingerprint density at radius 1 is 1.19 bits per heavy atom. The number of amides is 2. The maximum Gasteiger partial charge on any atom is 0.410 e. The van der Waals surface area contributed by atoms with E-state index >= 15 is 0 Å². The molecule has 1 aromatic carbocycles. The zero-order chi connectivity index (χ0) is 19.8. The summed E-state index contributed by atoms with van der Waals surface area (Å²) in [4.78, 5) is 27.2. The van der Waals surface area contributed by atoms with Crippen LogP contribution in [0.5, 0.6) is 0 Å². The lowest BCUT2D eigenvalue weighted by molar-refractivity contribution is -0.134. The van der Waals surface area contributed by atoms with Gasteiger partial charge in [0.25, 0.3) is 5.91 Å². The smallest absolute Gasteiger partial charge is 0.410 e. The molecule has 1 fully saturated rings. The summed E-state index contributed by atoms with van der Waals surface area (Å²) in [7, 11) is -1.34. The van der Waals surface area contributed by atoms with Gasteiger partial charge < -0.3 is 4.74 Å². The molecule has 6 nitrogen and oxygen atoms in total. The quantitative estimate of drug-likeness (QED) is 0.800. The van der Waals surface area contributed by atoms with E-state index in [4.69, 9.17) is 4.74 Å². The maximum atomic E-state index is 13.0. The number of carbonyl (C=O) groups excluding carboxylic acids is 2. The molecule has 26 heavy (non-hydrogen) atoms. The molecule has 0 aliphatic heterocycles. The van der Waals surface area contributed by atoms with Crippen LogP contribution in [-0.2, 0) is 19.3 Å². The fourth-order valence-electron chi connectivity index (χ4n) is 2.80. The summed E-state index contributed by atoms with van der Waals surface area (Å²) < 4.78 is 22.4. The number of benzene rings is 1. The van der Waals surface area contributed by atoms with Crippen LogP contribution in [0, 0.1) is 6.92 Å². The minimum atomic E-state index is -2.88. The van der Waals surface area contributed by atoms with Gasteiger partial charge in [0, 0.05) is 18.2 Å². The number of aryl methyl sites for hydroxylation is 1. The minimum absolute atomic E-state index is 0.495. The van der Waals surface area contributed by atoms with E-state index in [0.29, 0.717) is 17.7 Å². The fraction of sp³-hybridized carbons (Fsp3) is 0.579. The molecule has 0 heterocycles. The maximum absolute atomic E-state index is 13.0. The minimum Gasteiger partial charge on any atom is -0.444 e. The summed E-state index contributed by atoms with van der Waals surface area (Å²) in [6, 6.07) is 7.12. The normalized spacial score (nSPS) is 18.2. The van der Waals surface area contributed by atoms with Gasteiger partial charge in [-0.15, -0.1) is 0 Å². The van der Waals surface area contributed by atoms with Crippen molar-refractivity contribution in [3.63, 3.8) is 0 Å². The monoisotopic (exact) mass is 380 g/mol. The van der Waals surface area contributed by atoms with Crippen molar-refractivity contribution in [2.45, 2.75) is 63.0 Å². The first-order chi connectivity index (χ1) is 11.9. The predicted molar refractivity (Wildman–Crippen MR) is 102 cm³/mol. The summed E-state index contributed by atoms with van der Waals surface area (Å²) in [6.45, 7) is 7.25. The molecule has 7 heteroatoms. The van der Waals surface area contributed by atoms with Gasteiger partial charge in [-0.1, -0.05) is 17.7 Å². The van der Waals surface area contributed by atoms with Crippen molar-refractivity contribution in [2.75, 3.05) is 13.3 Å². The predicted octanol–water partition coefficient (Wildman–Crippen LogP) is 3.77. The molecule has 1 aliphatic carbocycles. The van der Waals surface area contributed by atoms with Crippen molar-refractivity contribution in [3.8, 4) is 0 Å². The lowest BCUT2D eigenvalue weighted by Gasteiger charge is -2.45. The Morgan fingerprint density at radius 3 is 2.15 bits per heavy atom. The van der Waals surface area contributed by atoms with Crippen LogP contribution in [0.1, 0.15) is 45.6 Å². The van der Waals surface area contributed by atoms with Gasteiger partial charge in [0.15, 0.2) is 0 Å². The molecule has 0 bridgehead atoms. The highest BCUT2D eigenvalue weighted by atomic mass is 32.2. The lowest BCUT2D eigenvalue weighted by Crippen LogP contribution is -2.60. The van der Waals surface area contributed by atoms with E-state index in [1.165, 1.54) is 11.2 Å². The van der Waals surface area contributed by atoms with Crippen LogP contribution in [-0.4, -0.2) is 45.6 Å². The highest BCUT2D eigenvalue weighted by Gasteiger charge is 2.51. The van der Waals surface area contributed by atoms with Crippen LogP contribution < -0.4 is 0 Å². The second kappa shape index (κ2) is 7.02. The Bertz CT molecular complexity index is 811. The first-order valence-corrected chi connectivity index (χ1v) is 10.6. The number of carbonyl (C=O) groups is 2. The molecular weight excluding hydrogens is 352 g/mol. The molecule has 0 spiro atoms. The molecule has 144 valence electrons. The Labute approximate surface area is 156 Å². The molecule has 2 rings (SSSR count). The Kier molecular flexibility index (Phi) is 5.52. The molecule has 0 aromatic heterocycles. The van der Waals surface area contributed by atoms with E-state index in [9.17, 15) is 13.8 Å². The number of nitrogens with zero attached hydrogens (tertiary/aromatic N) is 2. The van der Waals surface area contributed by atoms with E-state index in [-0.39, 0.29) is 0 Å². The lowest BCUT2D eigenvalue weighted by atomic mass is 9.75. The van der Waals surface area contributed by atoms with Gasteiger partial charge in [0.2, 0.25) is 0 Å². The number of hydrogen-bond donors (Lipinski definition) is 0. The summed E-state index contributed by atoms with van der Waals surface area (Å²) in [5, 5.41) is 0. The number of rotatable bonds is 3. The third-order valence-corrected chi connectivity index (χ3v) is 6.26. The molecular formula is C19H28N2O4S. The van der Waals surface area contributed by atoms with E-state index in [0.717, 1.165) is 12.0 Å². The third kappa shape index (κ3) is 4.26. The van der Waals surface area contributed by atoms with E-state index in [1.54, 1.807) is 40.0 Å². The van der Waals surface area contributed by atoms with Gasteiger partial charge in [0.05, 0.1) is 9.73 Å². The zero-order valence-corrected chi connectivity index (χ0v) is 17.2. The van der Waals surface area contributed by atoms with Crippen LogP contribution in [0.2, 0.25) is 0 Å². The van der Waals surface area contributed by atoms with Gasteiger partial charge in [-0.05, 0) is 59.1 Å². The molecule has 0 radical (unpaired) electrons. The molecule has 1 aliphatic rings. The van der Waals surface area contributed by atoms with Gasteiger partial charge in [0.1, 0.15) is 11.1 Å². The second-order valence-electron chi connectivity index (χ2n) is 7.94. The first kappa shape index (κ1) is 20.4. The summed E-state index contributed by atoms with van der Waals surface area (Å²) in [6.07, 6.45) is 2.68. The van der Waals surface area contributed by atoms with Gasteiger partial charge in [-0.3, -0.25) is 9.69 Å². The topological polar surface area (TPSA) is 76.0 Å². The molecule has 0 saturated heterocycles. The molecule has 1 unspecified atom stereocenters. The average Bonchev–Trinajstić information content (AvgIpc) is 2.44. The van der Waals surface area contributed by atoms with E-state index in [1.807, 2.05) is 19.1 Å². The van der Waals surface area contributed by atoms with Crippen LogP contribution >= 0.6 is 0 Å². The first-order valence-electron chi connectivity index (χ1n) is 8.67. The average molecular weight is 381 g/mol. The van der Waals surface area contributed by atoms with Gasteiger partial charge in [-0.2, -0.15) is 4.36 Å². The Morgan fingerprint density at radius 2 is 1.73 bits per heavy atom. The largest absolute Gasteiger partial charge is 0.444 e. The summed E-state index contributed by atoms with van der Waals surface area (Å²) in [5.74, 6) is -0.523. The molecule has 1 atom stereocenters. The Balaban J connectivity index is 2.31. The van der Waals surface area contributed by atoms with Crippen molar-refractivity contribution in [1.29, 1.82) is 0 Å². The standard InChI is InChI=1S/C19H28N2O4S/c1-14-8-10-15(11-9-14)26(6,24)20-16(22)19(12-7-13-19)21(5)17(23)25-18(2,3)4/h8-11H,7,12-13H2,1-6H3. The van der Waals surface area contributed by atoms with Crippen molar-refractivity contribution < 1.29 is 18.5 Å². The summed E-state index contributed by atoms with van der Waals surface area (Å²) in [5.41, 5.74) is -0.682. The highest BCUT2D eigenvalue weighted by molar-refractivity contribution is 7.93. The van der Waals surface area contributed by atoms with Crippen molar-refractivity contribution in [2.24, 2.45) is 4.36 Å². The van der Waals surface area contributed by atoms with Crippen LogP contribution in [0.4, 0.5) is 4.79 Å². The second-order valence-corrected chi connectivity index (χ2v) is 10.2. The summed E-state index contributed by atoms with van der Waals surface area (Å²) >= 11 is 0. The van der Waals surface area contributed by atoms with Crippen molar-refractivity contribution in [3.05, 3.63) is 29.8 Å². The van der Waals surface area contributed by atoms with Gasteiger partial charge in [-0.25, -0.2) is 9.00 Å². The fourth-order valence-corrected chi connectivity index (χ4v) is 4.03. The SMILES string of the molecule is Cc1ccc(S(C)(=O)=NC(=O)C2(N(C)C(=O)OC(C)(C)C)CCC2)cc1. The van der Waals surface area contributed by atoms with Crippen LogP contribution in [0.15, 0.2) is 33.5 Å². The molecule has 1 aromatic rings.